The van der Waals surface area contributed by atoms with E-state index in [1.807, 2.05) is 0 Å². The Kier molecular flexibility index (Phi) is 8.50. The lowest BCUT2D eigenvalue weighted by Crippen LogP contribution is -2.57. The standard InChI is InChI=1S/C24H32N4O6S/c1-18-13-15-20(16-14-18)35(31,32)28(25-17-19-11-9-8-10-12-19)27(22(30)34-24(5,6)7)26-21(29)33-23(2,3)4/h8-17H,1-7H3,(H,26,29)/b25-17+. The van der Waals surface area contributed by atoms with Gasteiger partial charge in [0.25, 0.3) is 10.0 Å². The van der Waals surface area contributed by atoms with Gasteiger partial charge < -0.3 is 9.47 Å². The van der Waals surface area contributed by atoms with Gasteiger partial charge in [0.15, 0.2) is 0 Å². The molecule has 0 radical (unpaired) electrons. The number of nitrogens with one attached hydrogen (secondary N) is 1. The molecule has 0 fully saturated rings. The molecule has 2 aromatic rings. The molecular formula is C24H32N4O6S. The summed E-state index contributed by atoms with van der Waals surface area (Å²) in [4.78, 5) is 25.5. The molecule has 10 nitrogen and oxygen atoms in total. The number of hydrogen-bond acceptors (Lipinski definition) is 7. The molecular weight excluding hydrogens is 472 g/mol. The van der Waals surface area contributed by atoms with E-state index in [4.69, 9.17) is 9.47 Å². The number of carbonyl (C=O) groups is 2. The summed E-state index contributed by atoms with van der Waals surface area (Å²) in [5, 5.41) is 4.41. The van der Waals surface area contributed by atoms with Gasteiger partial charge in [0.2, 0.25) is 0 Å². The average Bonchev–Trinajstić information content (AvgIpc) is 2.71. The van der Waals surface area contributed by atoms with Gasteiger partial charge in [-0.25, -0.2) is 15.0 Å². The number of hydrazine groups is 2. The molecule has 2 rings (SSSR count). The highest BCUT2D eigenvalue weighted by molar-refractivity contribution is 7.89. The van der Waals surface area contributed by atoms with E-state index in [0.717, 1.165) is 5.56 Å². The fraction of sp³-hybridized carbons (Fsp3) is 0.375. The normalized spacial score (nSPS) is 12.2. The van der Waals surface area contributed by atoms with Crippen molar-refractivity contribution in [3.05, 3.63) is 65.7 Å². The van der Waals surface area contributed by atoms with Gasteiger partial charge in [0.1, 0.15) is 11.2 Å². The van der Waals surface area contributed by atoms with E-state index in [2.05, 4.69) is 10.5 Å². The zero-order valence-electron chi connectivity index (χ0n) is 21.0. The van der Waals surface area contributed by atoms with Crippen molar-refractivity contribution in [1.29, 1.82) is 0 Å². The number of hydrogen-bond donors (Lipinski definition) is 1. The third-order valence-corrected chi connectivity index (χ3v) is 5.53. The van der Waals surface area contributed by atoms with Crippen LogP contribution in [0.3, 0.4) is 0 Å². The predicted molar refractivity (Wildman–Crippen MR) is 132 cm³/mol. The summed E-state index contributed by atoms with van der Waals surface area (Å²) in [7, 11) is -4.49. The van der Waals surface area contributed by atoms with Gasteiger partial charge in [-0.1, -0.05) is 57.7 Å². The van der Waals surface area contributed by atoms with Crippen LogP contribution in [0.4, 0.5) is 9.59 Å². The lowest BCUT2D eigenvalue weighted by molar-refractivity contribution is -0.0447. The van der Waals surface area contributed by atoms with E-state index in [1.165, 1.54) is 18.3 Å². The van der Waals surface area contributed by atoms with Crippen molar-refractivity contribution in [1.82, 2.24) is 15.1 Å². The molecule has 2 aromatic carbocycles. The van der Waals surface area contributed by atoms with Crippen molar-refractivity contribution in [3.8, 4) is 0 Å². The molecule has 0 aromatic heterocycles. The second-order valence-electron chi connectivity index (χ2n) is 9.60. The van der Waals surface area contributed by atoms with Crippen LogP contribution < -0.4 is 5.43 Å². The first kappa shape index (κ1) is 27.6. The van der Waals surface area contributed by atoms with E-state index < -0.39 is 33.4 Å². The van der Waals surface area contributed by atoms with E-state index in [-0.39, 0.29) is 4.90 Å². The van der Waals surface area contributed by atoms with Gasteiger partial charge in [-0.05, 0) is 66.2 Å². The predicted octanol–water partition coefficient (Wildman–Crippen LogP) is 4.61. The second kappa shape index (κ2) is 10.8. The van der Waals surface area contributed by atoms with Crippen LogP contribution in [0.25, 0.3) is 0 Å². The maximum atomic E-state index is 13.6. The first-order chi connectivity index (χ1) is 16.1. The summed E-state index contributed by atoms with van der Waals surface area (Å²) in [6, 6.07) is 14.6. The molecule has 0 saturated heterocycles. The summed E-state index contributed by atoms with van der Waals surface area (Å²) in [6.07, 6.45) is -1.04. The fourth-order valence-electron chi connectivity index (χ4n) is 2.53. The van der Waals surface area contributed by atoms with Crippen LogP contribution in [0.15, 0.2) is 64.6 Å². The maximum Gasteiger partial charge on any atom is 0.451 e. The summed E-state index contributed by atoms with van der Waals surface area (Å²) >= 11 is 0. The molecule has 190 valence electrons. The molecule has 1 N–H and O–H groups in total. The van der Waals surface area contributed by atoms with Crippen molar-refractivity contribution in [2.45, 2.75) is 64.6 Å². The lowest BCUT2D eigenvalue weighted by Gasteiger charge is -2.33. The van der Waals surface area contributed by atoms with Crippen molar-refractivity contribution in [2.75, 3.05) is 0 Å². The van der Waals surface area contributed by atoms with Crippen molar-refractivity contribution < 1.29 is 27.5 Å². The Morgan fingerprint density at radius 3 is 1.94 bits per heavy atom. The molecule has 35 heavy (non-hydrogen) atoms. The highest BCUT2D eigenvalue weighted by atomic mass is 32.2. The second-order valence-corrected chi connectivity index (χ2v) is 11.4. The number of hydrazone groups is 1. The topological polar surface area (TPSA) is 118 Å². The van der Waals surface area contributed by atoms with Gasteiger partial charge in [0, 0.05) is 0 Å². The SMILES string of the molecule is Cc1ccc(S(=O)(=O)N(/N=C/c2ccccc2)N(NC(=O)OC(C)(C)C)C(=O)OC(C)(C)C)cc1. The highest BCUT2D eigenvalue weighted by Gasteiger charge is 2.37. The molecule has 0 heterocycles. The van der Waals surface area contributed by atoms with Gasteiger partial charge in [0.05, 0.1) is 11.1 Å². The van der Waals surface area contributed by atoms with E-state index in [9.17, 15) is 18.0 Å². The van der Waals surface area contributed by atoms with Gasteiger partial charge in [-0.3, -0.25) is 0 Å². The van der Waals surface area contributed by atoms with Crippen LogP contribution >= 0.6 is 0 Å². The van der Waals surface area contributed by atoms with Crippen molar-refractivity contribution in [2.24, 2.45) is 5.10 Å². The summed E-state index contributed by atoms with van der Waals surface area (Å²) in [5.74, 6) is 0. The summed E-state index contributed by atoms with van der Waals surface area (Å²) in [6.45, 7) is 11.5. The zero-order chi connectivity index (χ0) is 26.4. The van der Waals surface area contributed by atoms with E-state index >= 15 is 0 Å². The third-order valence-electron chi connectivity index (χ3n) is 3.97. The minimum absolute atomic E-state index is 0.159. The molecule has 0 unspecified atom stereocenters. The molecule has 0 aliphatic carbocycles. The minimum Gasteiger partial charge on any atom is -0.443 e. The van der Waals surface area contributed by atoms with E-state index in [1.54, 1.807) is 90.9 Å². The summed E-state index contributed by atoms with van der Waals surface area (Å²) in [5.41, 5.74) is 1.61. The lowest BCUT2D eigenvalue weighted by atomic mass is 10.2. The third kappa shape index (κ3) is 8.60. The maximum absolute atomic E-state index is 13.6. The average molecular weight is 505 g/mol. The van der Waals surface area contributed by atoms with Gasteiger partial charge in [-0.15, -0.1) is 5.10 Å². The number of nitrogens with zero attached hydrogens (tertiary/aromatic N) is 3. The van der Waals surface area contributed by atoms with Crippen LogP contribution in [0, 0.1) is 6.92 Å². The van der Waals surface area contributed by atoms with Crippen LogP contribution in [0.1, 0.15) is 52.7 Å². The molecule has 0 spiro atoms. The number of carbonyl (C=O) groups excluding carboxylic acids is 2. The van der Waals surface area contributed by atoms with Crippen molar-refractivity contribution in [3.63, 3.8) is 0 Å². The number of rotatable bonds is 5. The largest absolute Gasteiger partial charge is 0.451 e. The Morgan fingerprint density at radius 1 is 0.886 bits per heavy atom. The van der Waals surface area contributed by atoms with Gasteiger partial charge >= 0.3 is 12.2 Å². The van der Waals surface area contributed by atoms with Gasteiger partial charge in [-0.2, -0.15) is 8.42 Å². The smallest absolute Gasteiger partial charge is 0.443 e. The molecule has 11 heteroatoms. The minimum atomic E-state index is -4.49. The molecule has 0 aliphatic rings. The van der Waals surface area contributed by atoms with Crippen LogP contribution in [0.5, 0.6) is 0 Å². The van der Waals surface area contributed by atoms with Crippen LogP contribution in [-0.2, 0) is 19.5 Å². The Morgan fingerprint density at radius 2 is 1.43 bits per heavy atom. The molecule has 2 amide bonds. The zero-order valence-corrected chi connectivity index (χ0v) is 21.8. The monoisotopic (exact) mass is 504 g/mol. The molecule has 0 saturated carbocycles. The summed E-state index contributed by atoms with van der Waals surface area (Å²) < 4.78 is 38.2. The van der Waals surface area contributed by atoms with E-state index in [0.29, 0.717) is 15.2 Å². The fourth-order valence-corrected chi connectivity index (χ4v) is 3.69. The number of aryl methyl sites for hydroxylation is 1. The first-order valence-corrected chi connectivity index (χ1v) is 12.3. The Balaban J connectivity index is 2.61. The Labute approximate surface area is 206 Å². The highest BCUT2D eigenvalue weighted by Crippen LogP contribution is 2.21. The molecule has 0 atom stereocenters. The Bertz CT molecular complexity index is 1150. The van der Waals surface area contributed by atoms with Crippen LogP contribution in [0.2, 0.25) is 0 Å². The number of sulfonamides is 1. The Hall–Kier alpha value is -3.60. The van der Waals surface area contributed by atoms with Crippen LogP contribution in [-0.4, -0.2) is 47.7 Å². The quantitative estimate of drug-likeness (QED) is 0.469. The number of amides is 2. The number of benzene rings is 2. The number of ether oxygens (including phenoxy) is 2. The first-order valence-electron chi connectivity index (χ1n) is 10.8. The molecule has 0 aliphatic heterocycles. The molecule has 0 bridgehead atoms. The van der Waals surface area contributed by atoms with Crippen molar-refractivity contribution >= 4 is 28.4 Å².